The summed E-state index contributed by atoms with van der Waals surface area (Å²) in [6.45, 7) is 6.74. The summed E-state index contributed by atoms with van der Waals surface area (Å²) in [5.74, 6) is 0. The monoisotopic (exact) mass is 262 g/mol. The maximum absolute atomic E-state index is 9.89. The minimum Gasteiger partial charge on any atom is -0.423 e. The van der Waals surface area contributed by atoms with Crippen LogP contribution >= 0.6 is 22.9 Å². The van der Waals surface area contributed by atoms with E-state index in [1.54, 1.807) is 39.1 Å². The first-order chi connectivity index (χ1) is 7.13. The summed E-state index contributed by atoms with van der Waals surface area (Å²) >= 11 is 7.08. The minimum absolute atomic E-state index is 0.573. The van der Waals surface area contributed by atoms with Crippen molar-refractivity contribution >= 4 is 34.8 Å². The molecule has 0 aliphatic rings. The van der Waals surface area contributed by atoms with Crippen LogP contribution in [0.25, 0.3) is 0 Å². The lowest BCUT2D eigenvalue weighted by molar-refractivity contribution is -0.0981. The Labute approximate surface area is 105 Å². The van der Waals surface area contributed by atoms with Crippen LogP contribution in [-0.2, 0) is 4.65 Å². The molecule has 0 atom stereocenters. The van der Waals surface area contributed by atoms with Crippen molar-refractivity contribution in [1.82, 2.24) is 0 Å². The minimum atomic E-state index is -1.07. The molecule has 90 valence electrons. The van der Waals surface area contributed by atoms with Gasteiger partial charge in [-0.15, -0.1) is 0 Å². The van der Waals surface area contributed by atoms with Crippen molar-refractivity contribution in [2.45, 2.75) is 38.9 Å². The fourth-order valence-electron chi connectivity index (χ4n) is 0.939. The molecular weight excluding hydrogens is 246 g/mol. The molecule has 0 aromatic carbocycles. The van der Waals surface area contributed by atoms with E-state index in [0.717, 1.165) is 0 Å². The van der Waals surface area contributed by atoms with Crippen molar-refractivity contribution in [3.63, 3.8) is 0 Å². The lowest BCUT2D eigenvalue weighted by Crippen LogP contribution is -2.52. The van der Waals surface area contributed by atoms with Crippen molar-refractivity contribution in [1.29, 1.82) is 0 Å². The molecule has 0 saturated heterocycles. The van der Waals surface area contributed by atoms with E-state index >= 15 is 0 Å². The van der Waals surface area contributed by atoms with E-state index in [4.69, 9.17) is 16.3 Å². The maximum atomic E-state index is 9.89. The fraction of sp³-hybridized carbons (Fsp3) is 0.600. The Hall–Kier alpha value is -0.0651. The average Bonchev–Trinajstić information content (AvgIpc) is 2.48. The van der Waals surface area contributed by atoms with E-state index in [9.17, 15) is 10.1 Å². The molecule has 0 amide bonds. The van der Waals surface area contributed by atoms with Gasteiger partial charge in [0.25, 0.3) is 0 Å². The molecule has 0 unspecified atom stereocenters. The number of rotatable bonds is 4. The summed E-state index contributed by atoms with van der Waals surface area (Å²) in [6.07, 6.45) is 0. The summed E-state index contributed by atoms with van der Waals surface area (Å²) < 4.78 is 6.09. The van der Waals surface area contributed by atoms with E-state index in [1.807, 2.05) is 0 Å². The number of halogens is 1. The second kappa shape index (κ2) is 4.66. The normalized spacial score (nSPS) is 12.9. The largest absolute Gasteiger partial charge is 0.502 e. The Bertz CT molecular complexity index is 359. The van der Waals surface area contributed by atoms with Crippen LogP contribution in [0.5, 0.6) is 0 Å². The molecule has 16 heavy (non-hydrogen) atoms. The quantitative estimate of drug-likeness (QED) is 0.812. The summed E-state index contributed by atoms with van der Waals surface area (Å²) in [5, 5.41) is 22.0. The van der Waals surface area contributed by atoms with Gasteiger partial charge in [0.1, 0.15) is 0 Å². The SMILES string of the molecule is CC(C)(O)C(C)(C)OB(O)c1cc(Cl)cs1. The summed E-state index contributed by atoms with van der Waals surface area (Å²) in [6, 6.07) is 1.65. The zero-order valence-corrected chi connectivity index (χ0v) is 11.4. The third-order valence-electron chi connectivity index (χ3n) is 2.71. The third kappa shape index (κ3) is 3.21. The summed E-state index contributed by atoms with van der Waals surface area (Å²) in [7, 11) is -1.07. The highest BCUT2D eigenvalue weighted by molar-refractivity contribution is 7.21. The van der Waals surface area contributed by atoms with Crippen LogP contribution < -0.4 is 4.78 Å². The van der Waals surface area contributed by atoms with E-state index in [0.29, 0.717) is 9.80 Å². The van der Waals surface area contributed by atoms with Crippen molar-refractivity contribution in [3.05, 3.63) is 16.5 Å². The Balaban J connectivity index is 2.75. The van der Waals surface area contributed by atoms with E-state index < -0.39 is 18.3 Å². The molecule has 1 aromatic rings. The molecule has 1 rings (SSSR count). The average molecular weight is 263 g/mol. The third-order valence-corrected chi connectivity index (χ3v) is 4.02. The van der Waals surface area contributed by atoms with E-state index in [-0.39, 0.29) is 0 Å². The molecule has 0 fully saturated rings. The Morgan fingerprint density at radius 3 is 2.31 bits per heavy atom. The van der Waals surface area contributed by atoms with Gasteiger partial charge in [-0.3, -0.25) is 0 Å². The first kappa shape index (κ1) is 14.0. The molecule has 3 nitrogen and oxygen atoms in total. The van der Waals surface area contributed by atoms with Gasteiger partial charge in [-0.05, 0) is 33.8 Å². The van der Waals surface area contributed by atoms with Gasteiger partial charge in [0.15, 0.2) is 0 Å². The molecule has 0 radical (unpaired) electrons. The van der Waals surface area contributed by atoms with Crippen molar-refractivity contribution < 1.29 is 14.8 Å². The van der Waals surface area contributed by atoms with Gasteiger partial charge >= 0.3 is 7.12 Å². The van der Waals surface area contributed by atoms with E-state index in [2.05, 4.69) is 0 Å². The van der Waals surface area contributed by atoms with Crippen LogP contribution in [0.4, 0.5) is 0 Å². The van der Waals surface area contributed by atoms with Crippen molar-refractivity contribution in [2.24, 2.45) is 0 Å². The van der Waals surface area contributed by atoms with Gasteiger partial charge in [-0.25, -0.2) is 0 Å². The topological polar surface area (TPSA) is 49.7 Å². The van der Waals surface area contributed by atoms with Gasteiger partial charge < -0.3 is 14.8 Å². The molecule has 0 aliphatic carbocycles. The molecule has 0 bridgehead atoms. The van der Waals surface area contributed by atoms with Gasteiger partial charge in [0.2, 0.25) is 0 Å². The molecule has 0 saturated carbocycles. The van der Waals surface area contributed by atoms with Gasteiger partial charge in [0.05, 0.1) is 16.2 Å². The fourth-order valence-corrected chi connectivity index (χ4v) is 1.93. The Kier molecular flexibility index (Phi) is 4.08. The zero-order chi connectivity index (χ0) is 12.6. The van der Waals surface area contributed by atoms with Gasteiger partial charge in [0, 0.05) is 10.2 Å². The highest BCUT2D eigenvalue weighted by Gasteiger charge is 2.39. The number of aliphatic hydroxyl groups is 1. The van der Waals surface area contributed by atoms with Crippen LogP contribution in [0.15, 0.2) is 11.4 Å². The first-order valence-corrected chi connectivity index (χ1v) is 6.21. The standard InChI is InChI=1S/C10H16BClO3S/c1-9(2,13)10(3,4)15-11(14)8-5-7(12)6-16-8/h5-6,13-14H,1-4H3. The molecule has 2 N–H and O–H groups in total. The molecule has 0 aliphatic heterocycles. The molecule has 6 heteroatoms. The summed E-state index contributed by atoms with van der Waals surface area (Å²) in [5.41, 5.74) is -1.90. The van der Waals surface area contributed by atoms with Crippen molar-refractivity contribution in [2.75, 3.05) is 0 Å². The molecule has 1 aromatic heterocycles. The maximum Gasteiger partial charge on any atom is 0.502 e. The lowest BCUT2D eigenvalue weighted by atomic mass is 9.82. The summed E-state index contributed by atoms with van der Waals surface area (Å²) in [4.78, 5) is 0. The van der Waals surface area contributed by atoms with Crippen LogP contribution in [0.1, 0.15) is 27.7 Å². The Morgan fingerprint density at radius 1 is 1.38 bits per heavy atom. The zero-order valence-electron chi connectivity index (χ0n) is 9.82. The smallest absolute Gasteiger partial charge is 0.423 e. The number of thiophene rings is 1. The van der Waals surface area contributed by atoms with Crippen LogP contribution in [-0.4, -0.2) is 28.5 Å². The predicted molar refractivity (Wildman–Crippen MR) is 68.4 cm³/mol. The molecular formula is C10H16BClO3S. The lowest BCUT2D eigenvalue weighted by Gasteiger charge is -2.38. The highest BCUT2D eigenvalue weighted by atomic mass is 35.5. The molecule has 1 heterocycles. The number of hydrogen-bond acceptors (Lipinski definition) is 4. The van der Waals surface area contributed by atoms with Crippen LogP contribution in [0.3, 0.4) is 0 Å². The second-order valence-electron chi connectivity index (χ2n) is 4.71. The van der Waals surface area contributed by atoms with Crippen LogP contribution in [0.2, 0.25) is 5.02 Å². The Morgan fingerprint density at radius 2 is 1.94 bits per heavy atom. The highest BCUT2D eigenvalue weighted by Crippen LogP contribution is 2.25. The first-order valence-electron chi connectivity index (χ1n) is 4.96. The predicted octanol–water partition coefficient (Wildman–Crippen LogP) is 1.66. The second-order valence-corrected chi connectivity index (χ2v) is 6.09. The molecule has 0 spiro atoms. The van der Waals surface area contributed by atoms with Crippen LogP contribution in [0, 0.1) is 0 Å². The number of hydrogen-bond donors (Lipinski definition) is 2. The van der Waals surface area contributed by atoms with Gasteiger partial charge in [-0.2, -0.15) is 11.3 Å². The van der Waals surface area contributed by atoms with Crippen molar-refractivity contribution in [3.8, 4) is 0 Å². The van der Waals surface area contributed by atoms with Gasteiger partial charge in [-0.1, -0.05) is 11.6 Å². The van der Waals surface area contributed by atoms with E-state index in [1.165, 1.54) is 11.3 Å².